The molecule has 2 aromatic carbocycles. The molecule has 30 heavy (non-hydrogen) atoms. The first-order valence-corrected chi connectivity index (χ1v) is 10.9. The van der Waals surface area contributed by atoms with E-state index < -0.39 is 37.3 Å². The topological polar surface area (TPSA) is 125 Å². The lowest BCUT2D eigenvalue weighted by molar-refractivity contribution is -0.277. The lowest BCUT2D eigenvalue weighted by atomic mass is 9.99. The summed E-state index contributed by atoms with van der Waals surface area (Å²) >= 11 is 3.05. The minimum absolute atomic E-state index is 0.409. The van der Waals surface area contributed by atoms with E-state index in [1.807, 2.05) is 24.3 Å². The summed E-state index contributed by atoms with van der Waals surface area (Å²) in [7, 11) is 0. The molecule has 8 nitrogen and oxygen atoms in total. The number of aromatic nitrogens is 2. The van der Waals surface area contributed by atoms with Gasteiger partial charge in [-0.3, -0.25) is 0 Å². The molecule has 5 rings (SSSR count). The Morgan fingerprint density at radius 1 is 0.867 bits per heavy atom. The monoisotopic (exact) mass is 446 g/mol. The predicted octanol–water partition coefficient (Wildman–Crippen LogP) is 1.75. The van der Waals surface area contributed by atoms with Crippen molar-refractivity contribution < 1.29 is 29.9 Å². The summed E-state index contributed by atoms with van der Waals surface area (Å²) in [5.74, 6) is 0.409. The Morgan fingerprint density at radius 3 is 2.30 bits per heavy atom. The fourth-order valence-corrected chi connectivity index (χ4v) is 5.31. The number of aliphatic hydroxyl groups excluding tert-OH is 4. The Kier molecular flexibility index (Phi) is 5.15. The lowest BCUT2D eigenvalue weighted by Crippen LogP contribution is -2.60. The highest BCUT2D eigenvalue weighted by molar-refractivity contribution is 7.27. The zero-order valence-corrected chi connectivity index (χ0v) is 17.1. The molecular weight excluding hydrogens is 428 g/mol. The van der Waals surface area contributed by atoms with Crippen LogP contribution in [0, 0.1) is 0 Å². The zero-order chi connectivity index (χ0) is 20.8. The van der Waals surface area contributed by atoms with Crippen LogP contribution in [0.4, 0.5) is 0 Å². The van der Waals surface area contributed by atoms with Gasteiger partial charge in [0.25, 0.3) is 0 Å². The Labute approximate surface area is 178 Å². The lowest BCUT2D eigenvalue weighted by Gasteiger charge is -2.39. The molecule has 1 saturated heterocycles. The van der Waals surface area contributed by atoms with Crippen LogP contribution < -0.4 is 4.74 Å². The first kappa shape index (κ1) is 19.8. The molecule has 0 aliphatic carbocycles. The third-order valence-corrected chi connectivity index (χ3v) is 7.13. The molecule has 0 radical (unpaired) electrons. The minimum Gasteiger partial charge on any atom is -0.462 e. The number of fused-ring (bicyclic) bond motifs is 2. The van der Waals surface area contributed by atoms with Crippen LogP contribution >= 0.6 is 22.7 Å². The van der Waals surface area contributed by atoms with Crippen LogP contribution in [0.3, 0.4) is 0 Å². The van der Waals surface area contributed by atoms with Crippen molar-refractivity contribution in [3.63, 3.8) is 0 Å². The molecule has 5 atom stereocenters. The van der Waals surface area contributed by atoms with Gasteiger partial charge in [-0.15, -0.1) is 22.7 Å². The average Bonchev–Trinajstić information content (AvgIpc) is 3.37. The van der Waals surface area contributed by atoms with Gasteiger partial charge in [0.15, 0.2) is 10.0 Å². The van der Waals surface area contributed by atoms with E-state index in [0.717, 1.165) is 30.4 Å². The van der Waals surface area contributed by atoms with Gasteiger partial charge < -0.3 is 29.9 Å². The first-order chi connectivity index (χ1) is 14.5. The Balaban J connectivity index is 1.41. The molecular formula is C20H18N2O6S2. The Hall–Kier alpha value is -2.18. The van der Waals surface area contributed by atoms with Gasteiger partial charge in [0, 0.05) is 0 Å². The molecule has 0 spiro atoms. The van der Waals surface area contributed by atoms with Gasteiger partial charge in [-0.1, -0.05) is 12.1 Å². The molecule has 156 valence electrons. The smallest absolute Gasteiger partial charge is 0.229 e. The highest BCUT2D eigenvalue weighted by atomic mass is 32.1. The molecule has 3 heterocycles. The van der Waals surface area contributed by atoms with E-state index in [1.54, 1.807) is 29.5 Å². The van der Waals surface area contributed by atoms with Gasteiger partial charge in [0.05, 0.1) is 27.0 Å². The van der Waals surface area contributed by atoms with E-state index in [1.165, 1.54) is 11.3 Å². The highest BCUT2D eigenvalue weighted by Crippen LogP contribution is 2.36. The fraction of sp³-hybridized carbons (Fsp3) is 0.300. The maximum Gasteiger partial charge on any atom is 0.229 e. The quantitative estimate of drug-likeness (QED) is 0.374. The van der Waals surface area contributed by atoms with E-state index in [4.69, 9.17) is 9.47 Å². The van der Waals surface area contributed by atoms with E-state index >= 15 is 0 Å². The van der Waals surface area contributed by atoms with Crippen LogP contribution in [0.15, 0.2) is 42.5 Å². The van der Waals surface area contributed by atoms with Gasteiger partial charge in [-0.2, -0.15) is 0 Å². The number of aliphatic hydroxyl groups is 4. The number of hydrogen-bond donors (Lipinski definition) is 4. The summed E-state index contributed by atoms with van der Waals surface area (Å²) in [5, 5.41) is 40.9. The highest BCUT2D eigenvalue weighted by Gasteiger charge is 2.44. The Bertz CT molecular complexity index is 1160. The second-order valence-electron chi connectivity index (χ2n) is 6.95. The van der Waals surface area contributed by atoms with Crippen molar-refractivity contribution in [2.75, 3.05) is 6.61 Å². The van der Waals surface area contributed by atoms with Crippen molar-refractivity contribution in [1.82, 2.24) is 9.97 Å². The molecule has 0 amide bonds. The second kappa shape index (κ2) is 7.82. The summed E-state index contributed by atoms with van der Waals surface area (Å²) in [6.45, 7) is -0.510. The van der Waals surface area contributed by atoms with Crippen LogP contribution in [-0.2, 0) is 4.74 Å². The number of nitrogens with zero attached hydrogens (tertiary/aromatic N) is 2. The van der Waals surface area contributed by atoms with E-state index in [-0.39, 0.29) is 0 Å². The maximum atomic E-state index is 10.2. The molecule has 4 aromatic rings. The van der Waals surface area contributed by atoms with Crippen molar-refractivity contribution in [3.05, 3.63) is 42.5 Å². The molecule has 4 N–H and O–H groups in total. The molecule has 1 aliphatic heterocycles. The number of rotatable bonds is 4. The normalized spacial score (nSPS) is 27.0. The van der Waals surface area contributed by atoms with E-state index in [9.17, 15) is 20.4 Å². The number of thiazole rings is 2. The van der Waals surface area contributed by atoms with Crippen molar-refractivity contribution >= 4 is 43.1 Å². The average molecular weight is 447 g/mol. The molecule has 2 aromatic heterocycles. The molecule has 1 aliphatic rings. The Morgan fingerprint density at radius 2 is 1.57 bits per heavy atom. The first-order valence-electron chi connectivity index (χ1n) is 9.27. The second-order valence-corrected chi connectivity index (χ2v) is 9.01. The van der Waals surface area contributed by atoms with Crippen molar-refractivity contribution in [3.8, 4) is 15.8 Å². The van der Waals surface area contributed by atoms with Gasteiger partial charge >= 0.3 is 0 Å². The summed E-state index contributed by atoms with van der Waals surface area (Å²) in [4.78, 5) is 9.30. The van der Waals surface area contributed by atoms with Gasteiger partial charge in [0.1, 0.15) is 30.2 Å². The summed E-state index contributed by atoms with van der Waals surface area (Å²) in [6.07, 6.45) is -6.62. The van der Waals surface area contributed by atoms with E-state index in [2.05, 4.69) is 9.97 Å². The SMILES string of the molecule is OC[C@H]1O[C@@H](Oc2ccc3nc(-c4nc5ccccc5s4)sc3c2)[C@H](O)[C@@H](O)[C@H]1O. The van der Waals surface area contributed by atoms with Crippen molar-refractivity contribution in [2.24, 2.45) is 0 Å². The van der Waals surface area contributed by atoms with Crippen LogP contribution in [-0.4, -0.2) is 67.7 Å². The van der Waals surface area contributed by atoms with Crippen LogP contribution in [0.25, 0.3) is 30.4 Å². The van der Waals surface area contributed by atoms with Crippen LogP contribution in [0.1, 0.15) is 0 Å². The summed E-state index contributed by atoms with van der Waals surface area (Å²) < 4.78 is 13.1. The molecule has 0 unspecified atom stereocenters. The third-order valence-electron chi connectivity index (χ3n) is 4.94. The van der Waals surface area contributed by atoms with Crippen LogP contribution in [0.2, 0.25) is 0 Å². The standard InChI is InChI=1S/C20H18N2O6S2/c23-8-12-15(24)16(25)17(26)20(28-12)27-9-5-6-11-14(7-9)30-19(22-11)18-21-10-3-1-2-4-13(10)29-18/h1-7,12,15-17,20,23-26H,8H2/t12-,15+,16+,17-,20-/m1/s1. The minimum atomic E-state index is -1.49. The molecule has 0 saturated carbocycles. The van der Waals surface area contributed by atoms with Crippen molar-refractivity contribution in [2.45, 2.75) is 30.7 Å². The molecule has 10 heteroatoms. The zero-order valence-electron chi connectivity index (χ0n) is 15.5. The number of benzene rings is 2. The van der Waals surface area contributed by atoms with Gasteiger partial charge in [-0.05, 0) is 30.3 Å². The summed E-state index contributed by atoms with van der Waals surface area (Å²) in [6, 6.07) is 13.2. The van der Waals surface area contributed by atoms with E-state index in [0.29, 0.717) is 5.75 Å². The van der Waals surface area contributed by atoms with Crippen LogP contribution in [0.5, 0.6) is 5.75 Å². The number of hydrogen-bond acceptors (Lipinski definition) is 10. The molecule has 0 bridgehead atoms. The van der Waals surface area contributed by atoms with Crippen molar-refractivity contribution in [1.29, 1.82) is 0 Å². The fourth-order valence-electron chi connectivity index (χ4n) is 3.33. The number of ether oxygens (including phenoxy) is 2. The van der Waals surface area contributed by atoms with Gasteiger partial charge in [-0.25, -0.2) is 9.97 Å². The van der Waals surface area contributed by atoms with Gasteiger partial charge in [0.2, 0.25) is 6.29 Å². The number of para-hydroxylation sites is 1. The molecule has 1 fully saturated rings. The third kappa shape index (κ3) is 3.46. The predicted molar refractivity (Wildman–Crippen MR) is 113 cm³/mol. The maximum absolute atomic E-state index is 10.2. The largest absolute Gasteiger partial charge is 0.462 e. The summed E-state index contributed by atoms with van der Waals surface area (Å²) in [5.41, 5.74) is 1.72.